The average Bonchev–Trinajstić information content (AvgIpc) is 2.66. The van der Waals surface area contributed by atoms with E-state index in [9.17, 15) is 4.79 Å². The molecule has 0 atom stereocenters. The van der Waals surface area contributed by atoms with Crippen molar-refractivity contribution < 1.29 is 4.79 Å². The number of benzene rings is 1. The highest BCUT2D eigenvalue weighted by molar-refractivity contribution is 6.08. The van der Waals surface area contributed by atoms with Gasteiger partial charge in [-0.15, -0.1) is 0 Å². The van der Waals surface area contributed by atoms with E-state index in [1.165, 1.54) is 5.56 Å². The number of rotatable bonds is 1. The first kappa shape index (κ1) is 12.7. The van der Waals surface area contributed by atoms with Crippen LogP contribution in [0.3, 0.4) is 0 Å². The van der Waals surface area contributed by atoms with E-state index in [0.29, 0.717) is 17.9 Å². The summed E-state index contributed by atoms with van der Waals surface area (Å²) in [5.41, 5.74) is 8.85. The van der Waals surface area contributed by atoms with Crippen molar-refractivity contribution in [2.75, 3.05) is 17.2 Å². The SMILES string of the molecule is Cn1cc(N)c(C(=O)N2CCCCc3ccccc32)n1. The number of aryl methyl sites for hydroxylation is 2. The number of carbonyl (C=O) groups is 1. The van der Waals surface area contributed by atoms with Crippen LogP contribution in [0.15, 0.2) is 30.5 Å². The largest absolute Gasteiger partial charge is 0.396 e. The van der Waals surface area contributed by atoms with Crippen molar-refractivity contribution in [3.05, 3.63) is 41.7 Å². The molecule has 0 bridgehead atoms. The maximum absolute atomic E-state index is 12.7. The zero-order valence-corrected chi connectivity index (χ0v) is 11.5. The van der Waals surface area contributed by atoms with Crippen LogP contribution in [-0.2, 0) is 13.5 Å². The van der Waals surface area contributed by atoms with Gasteiger partial charge in [0.05, 0.1) is 5.69 Å². The van der Waals surface area contributed by atoms with Crippen molar-refractivity contribution in [2.45, 2.75) is 19.3 Å². The van der Waals surface area contributed by atoms with Gasteiger partial charge in [0.2, 0.25) is 0 Å². The Morgan fingerprint density at radius 1 is 1.30 bits per heavy atom. The molecule has 0 saturated heterocycles. The molecule has 0 aliphatic carbocycles. The van der Waals surface area contributed by atoms with Crippen LogP contribution in [-0.4, -0.2) is 22.2 Å². The number of amides is 1. The molecule has 1 aromatic carbocycles. The molecule has 0 spiro atoms. The third-order valence-electron chi connectivity index (χ3n) is 3.67. The second-order valence-corrected chi connectivity index (χ2v) is 5.15. The van der Waals surface area contributed by atoms with Crippen LogP contribution in [0.2, 0.25) is 0 Å². The summed E-state index contributed by atoms with van der Waals surface area (Å²) >= 11 is 0. The number of nitrogens with two attached hydrogens (primary N) is 1. The molecule has 5 heteroatoms. The second kappa shape index (κ2) is 5.00. The lowest BCUT2D eigenvalue weighted by molar-refractivity contribution is 0.0982. The van der Waals surface area contributed by atoms with Crippen LogP contribution >= 0.6 is 0 Å². The van der Waals surface area contributed by atoms with Gasteiger partial charge in [0, 0.05) is 25.5 Å². The van der Waals surface area contributed by atoms with Crippen LogP contribution in [0.1, 0.15) is 28.9 Å². The molecule has 1 aliphatic rings. The quantitative estimate of drug-likeness (QED) is 0.861. The van der Waals surface area contributed by atoms with Gasteiger partial charge < -0.3 is 10.6 Å². The fraction of sp³-hybridized carbons (Fsp3) is 0.333. The number of anilines is 2. The van der Waals surface area contributed by atoms with E-state index >= 15 is 0 Å². The monoisotopic (exact) mass is 270 g/mol. The highest BCUT2D eigenvalue weighted by Crippen LogP contribution is 2.28. The smallest absolute Gasteiger partial charge is 0.280 e. The van der Waals surface area contributed by atoms with Crippen molar-refractivity contribution in [2.24, 2.45) is 7.05 Å². The Labute approximate surface area is 118 Å². The van der Waals surface area contributed by atoms with E-state index in [1.807, 2.05) is 18.2 Å². The fourth-order valence-corrected chi connectivity index (χ4v) is 2.70. The lowest BCUT2D eigenvalue weighted by Gasteiger charge is -2.22. The van der Waals surface area contributed by atoms with Gasteiger partial charge in [-0.05, 0) is 30.9 Å². The van der Waals surface area contributed by atoms with Crippen molar-refractivity contribution >= 4 is 17.3 Å². The predicted molar refractivity (Wildman–Crippen MR) is 78.7 cm³/mol. The molecule has 1 aromatic heterocycles. The van der Waals surface area contributed by atoms with Gasteiger partial charge in [0.1, 0.15) is 0 Å². The summed E-state index contributed by atoms with van der Waals surface area (Å²) in [5, 5.41) is 4.19. The number of fused-ring (bicyclic) bond motifs is 1. The lowest BCUT2D eigenvalue weighted by atomic mass is 10.1. The van der Waals surface area contributed by atoms with E-state index in [1.54, 1.807) is 22.8 Å². The standard InChI is InChI=1S/C15H18N4O/c1-18-10-12(16)14(17-18)15(20)19-9-5-4-7-11-6-2-3-8-13(11)19/h2-3,6,8,10H,4-5,7,9,16H2,1H3. The van der Waals surface area contributed by atoms with Crippen molar-refractivity contribution in [1.29, 1.82) is 0 Å². The summed E-state index contributed by atoms with van der Waals surface area (Å²) in [7, 11) is 1.77. The molecular formula is C15H18N4O. The molecule has 2 aromatic rings. The summed E-state index contributed by atoms with van der Waals surface area (Å²) < 4.78 is 1.58. The van der Waals surface area contributed by atoms with Crippen LogP contribution in [0.4, 0.5) is 11.4 Å². The van der Waals surface area contributed by atoms with E-state index in [-0.39, 0.29) is 5.91 Å². The minimum atomic E-state index is -0.113. The van der Waals surface area contributed by atoms with Gasteiger partial charge in [0.15, 0.2) is 5.69 Å². The maximum Gasteiger partial charge on any atom is 0.280 e. The highest BCUT2D eigenvalue weighted by atomic mass is 16.2. The molecule has 2 N–H and O–H groups in total. The number of hydrogen-bond donors (Lipinski definition) is 1. The molecule has 0 radical (unpaired) electrons. The number of carbonyl (C=O) groups excluding carboxylic acids is 1. The zero-order valence-electron chi connectivity index (χ0n) is 11.5. The fourth-order valence-electron chi connectivity index (χ4n) is 2.70. The van der Waals surface area contributed by atoms with Gasteiger partial charge in [-0.2, -0.15) is 5.10 Å². The molecule has 1 aliphatic heterocycles. The Hall–Kier alpha value is -2.30. The number of nitrogen functional groups attached to an aromatic ring is 1. The lowest BCUT2D eigenvalue weighted by Crippen LogP contribution is -2.32. The van der Waals surface area contributed by atoms with E-state index < -0.39 is 0 Å². The Morgan fingerprint density at radius 2 is 2.10 bits per heavy atom. The van der Waals surface area contributed by atoms with Crippen LogP contribution < -0.4 is 10.6 Å². The van der Waals surface area contributed by atoms with Crippen LogP contribution in [0.5, 0.6) is 0 Å². The average molecular weight is 270 g/mol. The molecule has 2 heterocycles. The van der Waals surface area contributed by atoms with E-state index in [2.05, 4.69) is 11.2 Å². The zero-order chi connectivity index (χ0) is 14.1. The first-order valence-electron chi connectivity index (χ1n) is 6.85. The molecular weight excluding hydrogens is 252 g/mol. The van der Waals surface area contributed by atoms with Gasteiger partial charge in [-0.3, -0.25) is 9.48 Å². The topological polar surface area (TPSA) is 64.2 Å². The molecule has 0 fully saturated rings. The Morgan fingerprint density at radius 3 is 2.85 bits per heavy atom. The van der Waals surface area contributed by atoms with Crippen LogP contribution in [0.25, 0.3) is 0 Å². The minimum Gasteiger partial charge on any atom is -0.396 e. The van der Waals surface area contributed by atoms with Crippen LogP contribution in [0, 0.1) is 0 Å². The first-order chi connectivity index (χ1) is 9.66. The van der Waals surface area contributed by atoms with E-state index in [0.717, 1.165) is 24.9 Å². The summed E-state index contributed by atoms with van der Waals surface area (Å²) in [5.74, 6) is -0.113. The number of aromatic nitrogens is 2. The van der Waals surface area contributed by atoms with Crippen molar-refractivity contribution in [3.8, 4) is 0 Å². The van der Waals surface area contributed by atoms with Gasteiger partial charge in [-0.1, -0.05) is 18.2 Å². The third kappa shape index (κ3) is 2.15. The third-order valence-corrected chi connectivity index (χ3v) is 3.67. The molecule has 3 rings (SSSR count). The first-order valence-corrected chi connectivity index (χ1v) is 6.85. The molecule has 20 heavy (non-hydrogen) atoms. The number of nitrogens with zero attached hydrogens (tertiary/aromatic N) is 3. The second-order valence-electron chi connectivity index (χ2n) is 5.15. The Balaban J connectivity index is 2.01. The molecule has 0 saturated carbocycles. The summed E-state index contributed by atoms with van der Waals surface area (Å²) in [6, 6.07) is 8.06. The normalized spacial score (nSPS) is 14.8. The summed E-state index contributed by atoms with van der Waals surface area (Å²) in [6.07, 6.45) is 4.76. The molecule has 1 amide bonds. The molecule has 0 unspecified atom stereocenters. The molecule has 5 nitrogen and oxygen atoms in total. The van der Waals surface area contributed by atoms with E-state index in [4.69, 9.17) is 5.73 Å². The Kier molecular flexibility index (Phi) is 3.18. The summed E-state index contributed by atoms with van der Waals surface area (Å²) in [6.45, 7) is 0.714. The van der Waals surface area contributed by atoms with Gasteiger partial charge >= 0.3 is 0 Å². The minimum absolute atomic E-state index is 0.113. The van der Waals surface area contributed by atoms with Crippen molar-refractivity contribution in [1.82, 2.24) is 9.78 Å². The van der Waals surface area contributed by atoms with Gasteiger partial charge in [0.25, 0.3) is 5.91 Å². The maximum atomic E-state index is 12.7. The van der Waals surface area contributed by atoms with Gasteiger partial charge in [-0.25, -0.2) is 0 Å². The predicted octanol–water partition coefficient (Wildman–Crippen LogP) is 1.99. The number of hydrogen-bond acceptors (Lipinski definition) is 3. The summed E-state index contributed by atoms with van der Waals surface area (Å²) in [4.78, 5) is 14.5. The van der Waals surface area contributed by atoms with Crippen molar-refractivity contribution in [3.63, 3.8) is 0 Å². The Bertz CT molecular complexity index is 647. The molecule has 104 valence electrons. The highest BCUT2D eigenvalue weighted by Gasteiger charge is 2.25. The number of para-hydroxylation sites is 1.